The first-order valence-corrected chi connectivity index (χ1v) is 9.25. The molecule has 3 rings (SSSR count). The Labute approximate surface area is 140 Å². The van der Waals surface area contributed by atoms with Crippen molar-refractivity contribution in [3.8, 4) is 0 Å². The van der Waals surface area contributed by atoms with Gasteiger partial charge in [0.2, 0.25) is 10.0 Å². The molecule has 0 unspecified atom stereocenters. The highest BCUT2D eigenvalue weighted by molar-refractivity contribution is 7.88. The van der Waals surface area contributed by atoms with E-state index in [1.165, 1.54) is 0 Å². The molecule has 0 radical (unpaired) electrons. The summed E-state index contributed by atoms with van der Waals surface area (Å²) >= 11 is 0. The molecule has 2 aromatic carbocycles. The number of nitrogens with one attached hydrogen (secondary N) is 1. The fourth-order valence-corrected chi connectivity index (χ4v) is 3.16. The van der Waals surface area contributed by atoms with Crippen LogP contribution in [0.15, 0.2) is 54.9 Å². The van der Waals surface area contributed by atoms with Crippen LogP contribution in [0.3, 0.4) is 0 Å². The Morgan fingerprint density at radius 2 is 1.67 bits per heavy atom. The van der Waals surface area contributed by atoms with Crippen LogP contribution in [0, 0.1) is 0 Å². The lowest BCUT2D eigenvalue weighted by atomic mass is 10.1. The fraction of sp³-hybridized carbons (Fsp3) is 0.176. The van der Waals surface area contributed by atoms with Crippen LogP contribution < -0.4 is 10.5 Å². The highest BCUT2D eigenvalue weighted by atomic mass is 32.2. The molecular weight excluding hydrogens is 324 g/mol. The molecule has 24 heavy (non-hydrogen) atoms. The van der Waals surface area contributed by atoms with Crippen LogP contribution in [-0.2, 0) is 22.2 Å². The highest BCUT2D eigenvalue weighted by Crippen LogP contribution is 2.18. The van der Waals surface area contributed by atoms with Crippen LogP contribution in [0.4, 0.5) is 5.82 Å². The van der Waals surface area contributed by atoms with Gasteiger partial charge in [-0.15, -0.1) is 0 Å². The van der Waals surface area contributed by atoms with E-state index >= 15 is 0 Å². The third kappa shape index (κ3) is 4.27. The van der Waals surface area contributed by atoms with Crippen LogP contribution in [0.2, 0.25) is 0 Å². The SMILES string of the molecule is NS(=O)(=O)Cc1ccc(CCNc2ncnc3ccccc23)cc1. The van der Waals surface area contributed by atoms with Crippen molar-refractivity contribution in [3.63, 3.8) is 0 Å². The van der Waals surface area contributed by atoms with Gasteiger partial charge in [0.05, 0.1) is 11.3 Å². The topological polar surface area (TPSA) is 98.0 Å². The summed E-state index contributed by atoms with van der Waals surface area (Å²) in [6, 6.07) is 15.3. The first kappa shape index (κ1) is 16.4. The molecule has 6 nitrogen and oxygen atoms in total. The van der Waals surface area contributed by atoms with E-state index in [-0.39, 0.29) is 5.75 Å². The number of nitrogens with two attached hydrogens (primary N) is 1. The van der Waals surface area contributed by atoms with E-state index in [0.29, 0.717) is 5.56 Å². The van der Waals surface area contributed by atoms with Gasteiger partial charge in [0, 0.05) is 11.9 Å². The van der Waals surface area contributed by atoms with Crippen LogP contribution in [0.1, 0.15) is 11.1 Å². The molecule has 3 N–H and O–H groups in total. The lowest BCUT2D eigenvalue weighted by molar-refractivity contribution is 0.597. The fourth-order valence-electron chi connectivity index (χ4n) is 2.51. The second kappa shape index (κ2) is 6.94. The summed E-state index contributed by atoms with van der Waals surface area (Å²) < 4.78 is 22.2. The average Bonchev–Trinajstić information content (AvgIpc) is 2.55. The molecule has 0 amide bonds. The summed E-state index contributed by atoms with van der Waals surface area (Å²) in [4.78, 5) is 8.53. The van der Waals surface area contributed by atoms with Crippen molar-refractivity contribution in [1.82, 2.24) is 9.97 Å². The molecule has 1 aromatic heterocycles. The van der Waals surface area contributed by atoms with Gasteiger partial charge in [-0.3, -0.25) is 0 Å². The van der Waals surface area contributed by atoms with Crippen molar-refractivity contribution in [2.24, 2.45) is 5.14 Å². The van der Waals surface area contributed by atoms with Gasteiger partial charge in [0.15, 0.2) is 0 Å². The number of aromatic nitrogens is 2. The molecule has 0 fully saturated rings. The number of para-hydroxylation sites is 1. The molecule has 0 atom stereocenters. The number of benzene rings is 2. The monoisotopic (exact) mass is 342 g/mol. The maximum absolute atomic E-state index is 11.1. The number of rotatable bonds is 6. The summed E-state index contributed by atoms with van der Waals surface area (Å²) in [5.41, 5.74) is 2.71. The second-order valence-electron chi connectivity index (χ2n) is 5.54. The van der Waals surface area contributed by atoms with Crippen LogP contribution in [-0.4, -0.2) is 24.9 Å². The quantitative estimate of drug-likeness (QED) is 0.714. The van der Waals surface area contributed by atoms with Crippen molar-refractivity contribution in [3.05, 3.63) is 66.0 Å². The van der Waals surface area contributed by atoms with E-state index in [4.69, 9.17) is 5.14 Å². The standard InChI is InChI=1S/C17H18N4O2S/c18-24(22,23)11-14-7-5-13(6-8-14)9-10-19-17-15-3-1-2-4-16(15)20-12-21-17/h1-8,12H,9-11H2,(H2,18,22,23)(H,19,20,21). The zero-order chi connectivity index (χ0) is 17.0. The molecule has 1 heterocycles. The normalized spacial score (nSPS) is 11.5. The van der Waals surface area contributed by atoms with Gasteiger partial charge in [-0.1, -0.05) is 36.4 Å². The highest BCUT2D eigenvalue weighted by Gasteiger charge is 2.05. The summed E-state index contributed by atoms with van der Waals surface area (Å²) in [5, 5.41) is 9.36. The summed E-state index contributed by atoms with van der Waals surface area (Å²) in [6.07, 6.45) is 2.35. The van der Waals surface area contributed by atoms with Crippen molar-refractivity contribution in [2.75, 3.05) is 11.9 Å². The molecule has 0 saturated carbocycles. The van der Waals surface area contributed by atoms with E-state index in [9.17, 15) is 8.42 Å². The number of fused-ring (bicyclic) bond motifs is 1. The Hall–Kier alpha value is -2.51. The van der Waals surface area contributed by atoms with E-state index in [2.05, 4.69) is 15.3 Å². The van der Waals surface area contributed by atoms with E-state index < -0.39 is 10.0 Å². The molecule has 0 aliphatic heterocycles. The second-order valence-corrected chi connectivity index (χ2v) is 7.15. The molecule has 124 valence electrons. The summed E-state index contributed by atoms with van der Waals surface area (Å²) in [7, 11) is -3.49. The predicted octanol–water partition coefficient (Wildman–Crippen LogP) is 2.07. The Morgan fingerprint density at radius 3 is 2.42 bits per heavy atom. The third-order valence-corrected chi connectivity index (χ3v) is 4.38. The zero-order valence-electron chi connectivity index (χ0n) is 13.0. The molecule has 0 aliphatic rings. The summed E-state index contributed by atoms with van der Waals surface area (Å²) in [6.45, 7) is 0.718. The first-order valence-electron chi connectivity index (χ1n) is 7.53. The molecule has 7 heteroatoms. The van der Waals surface area contributed by atoms with Gasteiger partial charge in [0.1, 0.15) is 12.1 Å². The Morgan fingerprint density at radius 1 is 0.958 bits per heavy atom. The Balaban J connectivity index is 1.62. The van der Waals surface area contributed by atoms with Gasteiger partial charge >= 0.3 is 0 Å². The minimum Gasteiger partial charge on any atom is -0.369 e. The van der Waals surface area contributed by atoms with E-state index in [1.54, 1.807) is 18.5 Å². The first-order chi connectivity index (χ1) is 11.5. The number of anilines is 1. The van der Waals surface area contributed by atoms with Crippen molar-refractivity contribution >= 4 is 26.7 Å². The van der Waals surface area contributed by atoms with Gasteiger partial charge < -0.3 is 5.32 Å². The van der Waals surface area contributed by atoms with Crippen LogP contribution in [0.5, 0.6) is 0 Å². The zero-order valence-corrected chi connectivity index (χ0v) is 13.8. The lowest BCUT2D eigenvalue weighted by Gasteiger charge is -2.08. The smallest absolute Gasteiger partial charge is 0.213 e. The number of sulfonamides is 1. The number of hydrogen-bond donors (Lipinski definition) is 2. The van der Waals surface area contributed by atoms with Gasteiger partial charge in [-0.2, -0.15) is 0 Å². The number of primary sulfonamides is 1. The van der Waals surface area contributed by atoms with Gasteiger partial charge in [-0.25, -0.2) is 23.5 Å². The lowest BCUT2D eigenvalue weighted by Crippen LogP contribution is -2.14. The van der Waals surface area contributed by atoms with E-state index in [0.717, 1.165) is 35.2 Å². The number of hydrogen-bond acceptors (Lipinski definition) is 5. The minimum absolute atomic E-state index is 0.140. The van der Waals surface area contributed by atoms with Gasteiger partial charge in [0.25, 0.3) is 0 Å². The van der Waals surface area contributed by atoms with Crippen LogP contribution in [0.25, 0.3) is 10.9 Å². The van der Waals surface area contributed by atoms with E-state index in [1.807, 2.05) is 36.4 Å². The molecule has 0 saturated heterocycles. The Bertz CT molecular complexity index is 935. The molecule has 0 aliphatic carbocycles. The van der Waals surface area contributed by atoms with Crippen molar-refractivity contribution in [2.45, 2.75) is 12.2 Å². The largest absolute Gasteiger partial charge is 0.369 e. The molecule has 3 aromatic rings. The minimum atomic E-state index is -3.49. The van der Waals surface area contributed by atoms with Crippen LogP contribution >= 0.6 is 0 Å². The average molecular weight is 342 g/mol. The van der Waals surface area contributed by atoms with Crippen molar-refractivity contribution < 1.29 is 8.42 Å². The Kier molecular flexibility index (Phi) is 4.73. The third-order valence-electron chi connectivity index (χ3n) is 3.64. The van der Waals surface area contributed by atoms with Crippen molar-refractivity contribution in [1.29, 1.82) is 0 Å². The molecular formula is C17H18N4O2S. The molecule has 0 bridgehead atoms. The predicted molar refractivity (Wildman–Crippen MR) is 95.0 cm³/mol. The maximum atomic E-state index is 11.1. The van der Waals surface area contributed by atoms with Gasteiger partial charge in [-0.05, 0) is 29.7 Å². The summed E-state index contributed by atoms with van der Waals surface area (Å²) in [5.74, 6) is 0.671. The number of nitrogens with zero attached hydrogens (tertiary/aromatic N) is 2. The molecule has 0 spiro atoms. The maximum Gasteiger partial charge on any atom is 0.213 e.